The fraction of sp³-hybridized carbons (Fsp3) is 0.321. The second kappa shape index (κ2) is 9.90. The molecule has 1 aliphatic carbocycles. The number of fused-ring (bicyclic) bond motifs is 2. The average Bonchev–Trinajstić information content (AvgIpc) is 2.82. The lowest BCUT2D eigenvalue weighted by Gasteiger charge is -2.25. The molecule has 1 aliphatic heterocycles. The van der Waals surface area contributed by atoms with Crippen molar-refractivity contribution in [3.05, 3.63) is 66.0 Å². The molecule has 32 heavy (non-hydrogen) atoms. The Bertz CT molecular complexity index is 1200. The number of nitrogens with one attached hydrogen (secondary N) is 1. The first-order valence-corrected chi connectivity index (χ1v) is 11.6. The van der Waals surface area contributed by atoms with Crippen LogP contribution in [-0.4, -0.2) is 20.2 Å². The van der Waals surface area contributed by atoms with Crippen LogP contribution >= 0.6 is 0 Å². The van der Waals surface area contributed by atoms with E-state index in [-0.39, 0.29) is 0 Å². The fourth-order valence-electron chi connectivity index (χ4n) is 4.21. The van der Waals surface area contributed by atoms with Crippen LogP contribution in [0.3, 0.4) is 0 Å². The number of unbranched alkanes of at least 4 members (excludes halogenated alkanes) is 2. The van der Waals surface area contributed by atoms with Crippen LogP contribution in [0.25, 0.3) is 33.4 Å². The first kappa shape index (κ1) is 21.9. The second-order valence-electron chi connectivity index (χ2n) is 8.29. The summed E-state index contributed by atoms with van der Waals surface area (Å²) in [5, 5.41) is 9.62. The molecule has 1 N–H and O–H groups in total. The number of hydrogen-bond acceptors (Lipinski definition) is 4. The van der Waals surface area contributed by atoms with Crippen LogP contribution in [0.5, 0.6) is 5.75 Å². The number of anilines is 1. The minimum atomic E-state index is 0.449. The summed E-state index contributed by atoms with van der Waals surface area (Å²) in [4.78, 5) is 2.47. The van der Waals surface area contributed by atoms with E-state index in [1.165, 1.54) is 31.4 Å². The predicted molar refractivity (Wildman–Crippen MR) is 133 cm³/mol. The predicted octanol–water partition coefficient (Wildman–Crippen LogP) is 7.10. The highest BCUT2D eigenvalue weighted by atomic mass is 16.5. The number of rotatable bonds is 9. The molecule has 2 aliphatic rings. The summed E-state index contributed by atoms with van der Waals surface area (Å²) in [7, 11) is 1.68. The molecule has 4 heteroatoms. The van der Waals surface area contributed by atoms with E-state index in [2.05, 4.69) is 49.1 Å². The van der Waals surface area contributed by atoms with Gasteiger partial charge in [0.15, 0.2) is 0 Å². The number of hydrogen-bond donors (Lipinski definition) is 1. The molecule has 0 radical (unpaired) electrons. The maximum Gasteiger partial charge on any atom is 0.137 e. The number of benzene rings is 3. The van der Waals surface area contributed by atoms with E-state index in [9.17, 15) is 0 Å². The molecule has 4 rings (SSSR count). The summed E-state index contributed by atoms with van der Waals surface area (Å²) in [5.74, 6) is 1.57. The third-order valence-corrected chi connectivity index (χ3v) is 6.01. The summed E-state index contributed by atoms with van der Waals surface area (Å²) < 4.78 is 11.7. The van der Waals surface area contributed by atoms with E-state index < -0.39 is 0 Å². The van der Waals surface area contributed by atoms with Crippen molar-refractivity contribution in [3.63, 3.8) is 0 Å². The summed E-state index contributed by atoms with van der Waals surface area (Å²) in [6.07, 6.45) is 4.71. The highest BCUT2D eigenvalue weighted by Gasteiger charge is 2.18. The molecule has 4 nitrogen and oxygen atoms in total. The van der Waals surface area contributed by atoms with Crippen molar-refractivity contribution in [1.29, 1.82) is 5.41 Å². The summed E-state index contributed by atoms with van der Waals surface area (Å²) in [5.41, 5.74) is 5.30. The number of methoxy groups -OCH3 is 1. The van der Waals surface area contributed by atoms with Crippen molar-refractivity contribution in [2.45, 2.75) is 39.5 Å². The van der Waals surface area contributed by atoms with E-state index >= 15 is 0 Å². The van der Waals surface area contributed by atoms with Gasteiger partial charge < -0.3 is 19.5 Å². The van der Waals surface area contributed by atoms with Gasteiger partial charge >= 0.3 is 0 Å². The van der Waals surface area contributed by atoms with E-state index in [0.717, 1.165) is 52.3 Å². The van der Waals surface area contributed by atoms with Crippen molar-refractivity contribution in [2.24, 2.45) is 0 Å². The van der Waals surface area contributed by atoms with Crippen LogP contribution in [0.2, 0.25) is 0 Å². The zero-order valence-electron chi connectivity index (χ0n) is 19.3. The number of nitrogens with zero attached hydrogens (tertiary/aromatic N) is 1. The van der Waals surface area contributed by atoms with Gasteiger partial charge in [0.1, 0.15) is 17.1 Å². The molecular formula is C28H32N2O2. The van der Waals surface area contributed by atoms with Crippen LogP contribution < -0.4 is 15.0 Å². The van der Waals surface area contributed by atoms with E-state index in [0.29, 0.717) is 5.36 Å². The Morgan fingerprint density at radius 1 is 0.875 bits per heavy atom. The largest absolute Gasteiger partial charge is 0.497 e. The second-order valence-corrected chi connectivity index (χ2v) is 8.29. The fourth-order valence-corrected chi connectivity index (χ4v) is 4.21. The van der Waals surface area contributed by atoms with Crippen LogP contribution in [-0.2, 0) is 0 Å². The molecular weight excluding hydrogens is 396 g/mol. The van der Waals surface area contributed by atoms with Crippen LogP contribution in [0.1, 0.15) is 39.5 Å². The molecule has 2 aromatic rings. The molecule has 0 fully saturated rings. The van der Waals surface area contributed by atoms with Gasteiger partial charge in [-0.05, 0) is 54.8 Å². The summed E-state index contributed by atoms with van der Waals surface area (Å²) in [6, 6.07) is 20.3. The van der Waals surface area contributed by atoms with E-state index in [4.69, 9.17) is 14.6 Å². The van der Waals surface area contributed by atoms with Crippen molar-refractivity contribution in [3.8, 4) is 28.2 Å². The standard InChI is InChI=1S/C28H32N2O2/c1-4-6-16-30(17-7-5-2)22-11-15-25-27(19-22)32-26-18-21(29)10-14-24(26)28(25)20-8-12-23(31-3)13-9-20/h8-15,18-19,29H,4-7,16-17H2,1-3H3. The quantitative estimate of drug-likeness (QED) is 0.289. The topological polar surface area (TPSA) is 49.5 Å². The van der Waals surface area contributed by atoms with Gasteiger partial charge in [0, 0.05) is 47.4 Å². The van der Waals surface area contributed by atoms with Gasteiger partial charge in [-0.25, -0.2) is 0 Å². The minimum absolute atomic E-state index is 0.449. The lowest BCUT2D eigenvalue weighted by Crippen LogP contribution is -2.25. The summed E-state index contributed by atoms with van der Waals surface area (Å²) >= 11 is 0. The SMILES string of the molecule is CCCCN(CCCC)c1ccc2c(-c3ccc(OC)cc3)c3ccc(=N)cc-3oc2c1. The van der Waals surface area contributed by atoms with E-state index in [1.54, 1.807) is 13.2 Å². The zero-order valence-corrected chi connectivity index (χ0v) is 19.3. The maximum atomic E-state index is 8.09. The van der Waals surface area contributed by atoms with Gasteiger partial charge in [0.2, 0.25) is 0 Å². The number of ether oxygens (including phenoxy) is 1. The van der Waals surface area contributed by atoms with Crippen LogP contribution in [0, 0.1) is 5.41 Å². The van der Waals surface area contributed by atoms with Gasteiger partial charge in [0.25, 0.3) is 0 Å². The molecule has 0 bridgehead atoms. The van der Waals surface area contributed by atoms with Gasteiger partial charge in [-0.15, -0.1) is 0 Å². The first-order chi connectivity index (χ1) is 15.6. The maximum absolute atomic E-state index is 8.09. The lowest BCUT2D eigenvalue weighted by atomic mass is 9.93. The highest BCUT2D eigenvalue weighted by Crippen LogP contribution is 2.41. The molecule has 0 atom stereocenters. The smallest absolute Gasteiger partial charge is 0.137 e. The lowest BCUT2D eigenvalue weighted by molar-refractivity contribution is 0.415. The van der Waals surface area contributed by atoms with Crippen LogP contribution in [0.4, 0.5) is 5.69 Å². The Morgan fingerprint density at radius 2 is 1.59 bits per heavy atom. The van der Waals surface area contributed by atoms with Crippen LogP contribution in [0.15, 0.2) is 65.1 Å². The highest BCUT2D eigenvalue weighted by molar-refractivity contribution is 6.02. The third-order valence-electron chi connectivity index (χ3n) is 6.01. The molecule has 0 saturated heterocycles. The molecule has 0 unspecified atom stereocenters. The van der Waals surface area contributed by atoms with Gasteiger partial charge in [-0.3, -0.25) is 0 Å². The van der Waals surface area contributed by atoms with Gasteiger partial charge in [-0.2, -0.15) is 0 Å². The molecule has 1 heterocycles. The molecule has 166 valence electrons. The monoisotopic (exact) mass is 428 g/mol. The Hall–Kier alpha value is -3.27. The normalized spacial score (nSPS) is 11.2. The molecule has 0 aromatic heterocycles. The Kier molecular flexibility index (Phi) is 6.79. The molecule has 0 saturated carbocycles. The van der Waals surface area contributed by atoms with Crippen molar-refractivity contribution < 1.29 is 9.15 Å². The Labute approximate surface area is 190 Å². The zero-order chi connectivity index (χ0) is 22.5. The van der Waals surface area contributed by atoms with Crippen molar-refractivity contribution in [1.82, 2.24) is 0 Å². The average molecular weight is 429 g/mol. The van der Waals surface area contributed by atoms with Crippen molar-refractivity contribution in [2.75, 3.05) is 25.1 Å². The molecule has 0 spiro atoms. The molecule has 0 amide bonds. The van der Waals surface area contributed by atoms with Crippen molar-refractivity contribution >= 4 is 16.7 Å². The minimum Gasteiger partial charge on any atom is -0.497 e. The summed E-state index contributed by atoms with van der Waals surface area (Å²) in [6.45, 7) is 6.58. The third kappa shape index (κ3) is 4.50. The first-order valence-electron chi connectivity index (χ1n) is 11.6. The molecule has 2 aromatic carbocycles. The van der Waals surface area contributed by atoms with Gasteiger partial charge in [-0.1, -0.05) is 38.8 Å². The Morgan fingerprint density at radius 3 is 2.25 bits per heavy atom. The Balaban J connectivity index is 1.90. The van der Waals surface area contributed by atoms with Gasteiger partial charge in [0.05, 0.1) is 12.5 Å². The van der Waals surface area contributed by atoms with E-state index in [1.807, 2.05) is 24.3 Å².